The van der Waals surface area contributed by atoms with Crippen molar-refractivity contribution >= 4 is 17.6 Å². The van der Waals surface area contributed by atoms with Crippen LogP contribution in [0.15, 0.2) is 48.5 Å². The molecule has 0 saturated heterocycles. The maximum atomic E-state index is 10.7. The second-order valence-electron chi connectivity index (χ2n) is 4.55. The highest BCUT2D eigenvalue weighted by atomic mass is 35.5. The molecule has 0 saturated carbocycles. The van der Waals surface area contributed by atoms with Gasteiger partial charge in [-0.15, -0.1) is 0 Å². The summed E-state index contributed by atoms with van der Waals surface area (Å²) < 4.78 is 5.67. The van der Waals surface area contributed by atoms with Crippen molar-refractivity contribution in [2.75, 3.05) is 0 Å². The summed E-state index contributed by atoms with van der Waals surface area (Å²) >= 11 is 6.09. The van der Waals surface area contributed by atoms with Crippen molar-refractivity contribution in [2.45, 2.75) is 19.1 Å². The molecule has 0 bridgehead atoms. The standard InChI is InChI=1S/C16H15ClO4/c17-13-8-4-7-12(14(18)9-15(19)20)16(13)21-10-11-5-2-1-3-6-11/h1-8,14,18H,9-10H2,(H,19,20). The lowest BCUT2D eigenvalue weighted by molar-refractivity contribution is -0.139. The Labute approximate surface area is 127 Å². The third kappa shape index (κ3) is 4.21. The zero-order valence-corrected chi connectivity index (χ0v) is 12.0. The molecule has 0 aliphatic carbocycles. The minimum absolute atomic E-state index is 0.289. The first-order valence-electron chi connectivity index (χ1n) is 6.43. The molecule has 0 fully saturated rings. The van der Waals surface area contributed by atoms with Crippen LogP contribution in [0, 0.1) is 0 Å². The fourth-order valence-corrected chi connectivity index (χ4v) is 2.18. The van der Waals surface area contributed by atoms with Gasteiger partial charge in [0.2, 0.25) is 0 Å². The Hall–Kier alpha value is -2.04. The third-order valence-electron chi connectivity index (χ3n) is 2.95. The van der Waals surface area contributed by atoms with Gasteiger partial charge in [0.05, 0.1) is 17.5 Å². The lowest BCUT2D eigenvalue weighted by Crippen LogP contribution is -2.08. The van der Waals surface area contributed by atoms with Crippen molar-refractivity contribution in [1.82, 2.24) is 0 Å². The molecule has 110 valence electrons. The van der Waals surface area contributed by atoms with Crippen LogP contribution in [0.5, 0.6) is 5.75 Å². The summed E-state index contributed by atoms with van der Waals surface area (Å²) in [6.45, 7) is 0.289. The smallest absolute Gasteiger partial charge is 0.306 e. The van der Waals surface area contributed by atoms with Crippen LogP contribution >= 0.6 is 11.6 Å². The van der Waals surface area contributed by atoms with Crippen molar-refractivity contribution in [1.29, 1.82) is 0 Å². The van der Waals surface area contributed by atoms with E-state index in [1.807, 2.05) is 30.3 Å². The fourth-order valence-electron chi connectivity index (χ4n) is 1.95. The number of aliphatic hydroxyl groups excluding tert-OH is 1. The second-order valence-corrected chi connectivity index (χ2v) is 4.95. The number of hydrogen-bond acceptors (Lipinski definition) is 3. The number of ether oxygens (including phenoxy) is 1. The molecular weight excluding hydrogens is 292 g/mol. The highest BCUT2D eigenvalue weighted by molar-refractivity contribution is 6.32. The molecule has 0 aliphatic rings. The van der Waals surface area contributed by atoms with E-state index in [2.05, 4.69) is 0 Å². The average Bonchev–Trinajstić information content (AvgIpc) is 2.46. The van der Waals surface area contributed by atoms with E-state index < -0.39 is 18.5 Å². The van der Waals surface area contributed by atoms with Crippen molar-refractivity contribution in [3.05, 3.63) is 64.7 Å². The predicted molar refractivity (Wildman–Crippen MR) is 79.4 cm³/mol. The number of para-hydroxylation sites is 1. The number of rotatable bonds is 6. The van der Waals surface area contributed by atoms with Crippen molar-refractivity contribution in [3.8, 4) is 5.75 Å². The molecule has 21 heavy (non-hydrogen) atoms. The highest BCUT2D eigenvalue weighted by Gasteiger charge is 2.19. The quantitative estimate of drug-likeness (QED) is 0.858. The lowest BCUT2D eigenvalue weighted by Gasteiger charge is -2.16. The molecule has 1 atom stereocenters. The molecule has 2 N–H and O–H groups in total. The average molecular weight is 307 g/mol. The summed E-state index contributed by atoms with van der Waals surface area (Å²) in [5, 5.41) is 19.1. The maximum absolute atomic E-state index is 10.7. The van der Waals surface area contributed by atoms with Crippen LogP contribution in [-0.2, 0) is 11.4 Å². The van der Waals surface area contributed by atoms with E-state index in [1.165, 1.54) is 0 Å². The predicted octanol–water partition coefficient (Wildman–Crippen LogP) is 3.43. The van der Waals surface area contributed by atoms with E-state index in [4.69, 9.17) is 21.4 Å². The number of benzene rings is 2. The van der Waals surface area contributed by atoms with E-state index in [-0.39, 0.29) is 6.61 Å². The summed E-state index contributed by atoms with van der Waals surface area (Å²) in [4.78, 5) is 10.7. The molecule has 4 nitrogen and oxygen atoms in total. The summed E-state index contributed by atoms with van der Waals surface area (Å²) in [6.07, 6.45) is -1.56. The molecular formula is C16H15ClO4. The Morgan fingerprint density at radius 1 is 1.14 bits per heavy atom. The first-order chi connectivity index (χ1) is 10.1. The van der Waals surface area contributed by atoms with E-state index in [9.17, 15) is 9.90 Å². The lowest BCUT2D eigenvalue weighted by atomic mass is 10.1. The number of hydrogen-bond donors (Lipinski definition) is 2. The molecule has 5 heteroatoms. The van der Waals surface area contributed by atoms with Gasteiger partial charge in [-0.2, -0.15) is 0 Å². The van der Waals surface area contributed by atoms with E-state index in [0.717, 1.165) is 5.56 Å². The van der Waals surface area contributed by atoms with Crippen molar-refractivity contribution in [2.24, 2.45) is 0 Å². The monoisotopic (exact) mass is 306 g/mol. The molecule has 2 rings (SSSR count). The number of carboxylic acid groups (broad SMARTS) is 1. The maximum Gasteiger partial charge on any atom is 0.306 e. The van der Waals surface area contributed by atoms with Crippen LogP contribution in [0.1, 0.15) is 23.7 Å². The molecule has 0 amide bonds. The molecule has 0 spiro atoms. The van der Waals surface area contributed by atoms with Gasteiger partial charge >= 0.3 is 5.97 Å². The minimum atomic E-state index is -1.16. The normalized spacial score (nSPS) is 11.9. The largest absolute Gasteiger partial charge is 0.487 e. The van der Waals surface area contributed by atoms with Gasteiger partial charge in [-0.05, 0) is 11.6 Å². The number of aliphatic hydroxyl groups is 1. The first-order valence-corrected chi connectivity index (χ1v) is 6.80. The Morgan fingerprint density at radius 3 is 2.52 bits per heavy atom. The summed E-state index contributed by atoms with van der Waals surface area (Å²) in [7, 11) is 0. The van der Waals surface area contributed by atoms with Crippen LogP contribution in [0.3, 0.4) is 0 Å². The zero-order chi connectivity index (χ0) is 15.2. The molecule has 0 radical (unpaired) electrons. The minimum Gasteiger partial charge on any atom is -0.487 e. The van der Waals surface area contributed by atoms with E-state index >= 15 is 0 Å². The van der Waals surface area contributed by atoms with Crippen LogP contribution in [-0.4, -0.2) is 16.2 Å². The van der Waals surface area contributed by atoms with Crippen LogP contribution in [0.2, 0.25) is 5.02 Å². The van der Waals surface area contributed by atoms with Crippen molar-refractivity contribution in [3.63, 3.8) is 0 Å². The van der Waals surface area contributed by atoms with Gasteiger partial charge in [0, 0.05) is 5.56 Å². The van der Waals surface area contributed by atoms with E-state index in [0.29, 0.717) is 16.3 Å². The summed E-state index contributed by atoms with van der Waals surface area (Å²) in [5.74, 6) is -0.770. The van der Waals surface area contributed by atoms with Crippen LogP contribution in [0.25, 0.3) is 0 Å². The first kappa shape index (κ1) is 15.4. The molecule has 1 unspecified atom stereocenters. The Morgan fingerprint density at radius 2 is 1.86 bits per heavy atom. The van der Waals surface area contributed by atoms with Gasteiger partial charge in [0.25, 0.3) is 0 Å². The number of carbonyl (C=O) groups is 1. The van der Waals surface area contributed by atoms with Gasteiger partial charge in [-0.25, -0.2) is 0 Å². The second kappa shape index (κ2) is 7.11. The van der Waals surface area contributed by atoms with E-state index in [1.54, 1.807) is 18.2 Å². The number of carboxylic acids is 1. The Balaban J connectivity index is 2.19. The highest BCUT2D eigenvalue weighted by Crippen LogP contribution is 2.34. The van der Waals surface area contributed by atoms with Gasteiger partial charge in [-0.1, -0.05) is 54.1 Å². The van der Waals surface area contributed by atoms with Gasteiger partial charge in [0.1, 0.15) is 12.4 Å². The molecule has 0 heterocycles. The Kier molecular flexibility index (Phi) is 5.20. The molecule has 2 aromatic carbocycles. The number of halogens is 1. The van der Waals surface area contributed by atoms with Gasteiger partial charge < -0.3 is 14.9 Å². The molecule has 2 aromatic rings. The third-order valence-corrected chi connectivity index (χ3v) is 3.25. The molecule has 0 aliphatic heterocycles. The SMILES string of the molecule is O=C(O)CC(O)c1cccc(Cl)c1OCc1ccccc1. The van der Waals surface area contributed by atoms with Gasteiger partial charge in [-0.3, -0.25) is 4.79 Å². The summed E-state index contributed by atoms with van der Waals surface area (Å²) in [6, 6.07) is 14.4. The molecule has 0 aromatic heterocycles. The Bertz CT molecular complexity index is 613. The van der Waals surface area contributed by atoms with Crippen molar-refractivity contribution < 1.29 is 19.7 Å². The summed E-state index contributed by atoms with van der Waals surface area (Å²) in [5.41, 5.74) is 1.33. The van der Waals surface area contributed by atoms with Crippen LogP contribution in [0.4, 0.5) is 0 Å². The number of aliphatic carboxylic acids is 1. The van der Waals surface area contributed by atoms with Gasteiger partial charge in [0.15, 0.2) is 0 Å². The topological polar surface area (TPSA) is 66.8 Å². The zero-order valence-electron chi connectivity index (χ0n) is 11.2. The fraction of sp³-hybridized carbons (Fsp3) is 0.188. The van der Waals surface area contributed by atoms with Crippen LogP contribution < -0.4 is 4.74 Å².